The lowest BCUT2D eigenvalue weighted by Crippen LogP contribution is -2.21. The van der Waals surface area contributed by atoms with E-state index in [1.54, 1.807) is 0 Å². The number of aromatic nitrogens is 2. The molecule has 1 aliphatic rings. The zero-order valence-electron chi connectivity index (χ0n) is 15.0. The van der Waals surface area contributed by atoms with Gasteiger partial charge in [0, 0.05) is 18.3 Å². The van der Waals surface area contributed by atoms with Crippen molar-refractivity contribution in [2.24, 2.45) is 5.92 Å². The first-order valence-electron chi connectivity index (χ1n) is 9.74. The molecule has 0 aromatic carbocycles. The molecule has 24 heavy (non-hydrogen) atoms. The van der Waals surface area contributed by atoms with Crippen molar-refractivity contribution in [1.82, 2.24) is 9.97 Å². The van der Waals surface area contributed by atoms with Crippen molar-refractivity contribution in [3.63, 3.8) is 0 Å². The van der Waals surface area contributed by atoms with Crippen LogP contribution in [0.2, 0.25) is 0 Å². The molecular weight excluding hydrogens is 300 g/mol. The molecule has 0 amide bonds. The molecule has 1 N–H and O–H groups in total. The van der Waals surface area contributed by atoms with Gasteiger partial charge in [-0.15, -0.1) is 0 Å². The van der Waals surface area contributed by atoms with Gasteiger partial charge >= 0.3 is 5.97 Å². The van der Waals surface area contributed by atoms with E-state index in [1.807, 2.05) is 12.4 Å². The summed E-state index contributed by atoms with van der Waals surface area (Å²) in [4.78, 5) is 20.1. The smallest absolute Gasteiger partial charge is 0.306 e. The zero-order valence-corrected chi connectivity index (χ0v) is 15.0. The second-order valence-electron chi connectivity index (χ2n) is 7.21. The van der Waals surface area contributed by atoms with Gasteiger partial charge in [0.15, 0.2) is 0 Å². The van der Waals surface area contributed by atoms with Gasteiger partial charge in [0.25, 0.3) is 0 Å². The Labute approximate surface area is 146 Å². The Morgan fingerprint density at radius 3 is 2.17 bits per heavy atom. The fourth-order valence-electron chi connectivity index (χ4n) is 3.59. The highest BCUT2D eigenvalue weighted by atomic mass is 16.4. The minimum Gasteiger partial charge on any atom is -0.481 e. The zero-order chi connectivity index (χ0) is 17.2. The fraction of sp³-hybridized carbons (Fsp3) is 0.750. The van der Waals surface area contributed by atoms with Crippen LogP contribution in [-0.4, -0.2) is 21.0 Å². The number of aryl methyl sites for hydroxylation is 1. The number of rotatable bonds is 10. The van der Waals surface area contributed by atoms with Gasteiger partial charge in [-0.05, 0) is 44.1 Å². The van der Waals surface area contributed by atoms with Gasteiger partial charge in [0.1, 0.15) is 5.82 Å². The summed E-state index contributed by atoms with van der Waals surface area (Å²) in [5, 5.41) is 9.06. The lowest BCUT2D eigenvalue weighted by molar-refractivity contribution is -0.142. The molecule has 2 rings (SSSR count). The number of carboxylic acid groups (broad SMARTS) is 1. The van der Waals surface area contributed by atoms with Crippen LogP contribution >= 0.6 is 0 Å². The van der Waals surface area contributed by atoms with E-state index in [2.05, 4.69) is 16.9 Å². The van der Waals surface area contributed by atoms with Crippen molar-refractivity contribution in [2.75, 3.05) is 0 Å². The van der Waals surface area contributed by atoms with Gasteiger partial charge in [-0.3, -0.25) is 4.79 Å². The van der Waals surface area contributed by atoms with E-state index in [1.165, 1.54) is 50.5 Å². The third-order valence-electron chi connectivity index (χ3n) is 5.24. The van der Waals surface area contributed by atoms with E-state index in [9.17, 15) is 4.79 Å². The second-order valence-corrected chi connectivity index (χ2v) is 7.21. The number of aliphatic carboxylic acids is 1. The maximum atomic E-state index is 11.0. The number of carboxylic acids is 1. The van der Waals surface area contributed by atoms with E-state index < -0.39 is 5.97 Å². The third-order valence-corrected chi connectivity index (χ3v) is 5.24. The largest absolute Gasteiger partial charge is 0.481 e. The topological polar surface area (TPSA) is 63.1 Å². The summed E-state index contributed by atoms with van der Waals surface area (Å²) >= 11 is 0. The minimum absolute atomic E-state index is 0.169. The molecule has 0 atom stereocenters. The number of carbonyl (C=O) groups is 1. The van der Waals surface area contributed by atoms with E-state index in [-0.39, 0.29) is 5.92 Å². The van der Waals surface area contributed by atoms with Gasteiger partial charge in [-0.2, -0.15) is 0 Å². The summed E-state index contributed by atoms with van der Waals surface area (Å²) in [6.45, 7) is 2.25. The molecule has 1 aliphatic carbocycles. The van der Waals surface area contributed by atoms with Crippen LogP contribution in [0, 0.1) is 5.92 Å². The van der Waals surface area contributed by atoms with Crippen LogP contribution in [0.4, 0.5) is 0 Å². The SMILES string of the molecule is CCCCCCCCCc1cnc(C2CCC(C(=O)O)CC2)nc1. The number of nitrogens with zero attached hydrogens (tertiary/aromatic N) is 2. The Morgan fingerprint density at radius 1 is 1.00 bits per heavy atom. The fourth-order valence-corrected chi connectivity index (χ4v) is 3.59. The van der Waals surface area contributed by atoms with Crippen LogP contribution in [-0.2, 0) is 11.2 Å². The highest BCUT2D eigenvalue weighted by Gasteiger charge is 2.27. The van der Waals surface area contributed by atoms with Gasteiger partial charge in [0.05, 0.1) is 5.92 Å². The summed E-state index contributed by atoms with van der Waals surface area (Å²) in [6, 6.07) is 0. The average Bonchev–Trinajstić information content (AvgIpc) is 2.61. The van der Waals surface area contributed by atoms with Crippen molar-refractivity contribution in [1.29, 1.82) is 0 Å². The van der Waals surface area contributed by atoms with Gasteiger partial charge in [-0.25, -0.2) is 9.97 Å². The maximum absolute atomic E-state index is 11.0. The molecule has 0 unspecified atom stereocenters. The second kappa shape index (κ2) is 10.4. The highest BCUT2D eigenvalue weighted by molar-refractivity contribution is 5.70. The molecule has 1 aromatic heterocycles. The third kappa shape index (κ3) is 6.21. The summed E-state index contributed by atoms with van der Waals surface area (Å²) in [5.41, 5.74) is 1.23. The highest BCUT2D eigenvalue weighted by Crippen LogP contribution is 2.34. The first kappa shape index (κ1) is 18.9. The van der Waals surface area contributed by atoms with Crippen LogP contribution in [0.3, 0.4) is 0 Å². The Kier molecular flexibility index (Phi) is 8.20. The van der Waals surface area contributed by atoms with Gasteiger partial charge in [-0.1, -0.05) is 45.4 Å². The first-order valence-corrected chi connectivity index (χ1v) is 9.74. The Balaban J connectivity index is 1.67. The van der Waals surface area contributed by atoms with Gasteiger partial charge in [0.2, 0.25) is 0 Å². The molecule has 0 radical (unpaired) electrons. The lowest BCUT2D eigenvalue weighted by atomic mass is 9.81. The van der Waals surface area contributed by atoms with E-state index in [4.69, 9.17) is 5.11 Å². The lowest BCUT2D eigenvalue weighted by Gasteiger charge is -2.24. The van der Waals surface area contributed by atoms with E-state index in [0.717, 1.165) is 37.9 Å². The summed E-state index contributed by atoms with van der Waals surface area (Å²) in [7, 11) is 0. The normalized spacial score (nSPS) is 20.9. The summed E-state index contributed by atoms with van der Waals surface area (Å²) in [5.74, 6) is 0.424. The molecule has 0 aliphatic heterocycles. The predicted octanol–water partition coefficient (Wildman–Crippen LogP) is 5.13. The van der Waals surface area contributed by atoms with Crippen LogP contribution < -0.4 is 0 Å². The predicted molar refractivity (Wildman–Crippen MR) is 96.1 cm³/mol. The van der Waals surface area contributed by atoms with Crippen LogP contribution in [0.25, 0.3) is 0 Å². The van der Waals surface area contributed by atoms with Crippen molar-refractivity contribution in [3.8, 4) is 0 Å². The van der Waals surface area contributed by atoms with Crippen molar-refractivity contribution in [3.05, 3.63) is 23.8 Å². The van der Waals surface area contributed by atoms with Crippen molar-refractivity contribution in [2.45, 2.75) is 89.9 Å². The Hall–Kier alpha value is -1.45. The first-order chi connectivity index (χ1) is 11.7. The van der Waals surface area contributed by atoms with E-state index in [0.29, 0.717) is 5.92 Å². The number of hydrogen-bond acceptors (Lipinski definition) is 3. The van der Waals surface area contributed by atoms with Gasteiger partial charge < -0.3 is 5.11 Å². The Morgan fingerprint density at radius 2 is 1.58 bits per heavy atom. The molecule has 1 heterocycles. The van der Waals surface area contributed by atoms with Crippen LogP contribution in [0.5, 0.6) is 0 Å². The maximum Gasteiger partial charge on any atom is 0.306 e. The summed E-state index contributed by atoms with van der Waals surface area (Å²) < 4.78 is 0. The molecule has 1 fully saturated rings. The van der Waals surface area contributed by atoms with Crippen molar-refractivity contribution >= 4 is 5.97 Å². The summed E-state index contributed by atoms with van der Waals surface area (Å²) in [6.07, 6.45) is 17.6. The molecule has 1 aromatic rings. The quantitative estimate of drug-likeness (QED) is 0.603. The molecule has 134 valence electrons. The van der Waals surface area contributed by atoms with Crippen molar-refractivity contribution < 1.29 is 9.90 Å². The minimum atomic E-state index is -0.653. The average molecular weight is 332 g/mol. The molecule has 0 bridgehead atoms. The Bertz CT molecular complexity index is 479. The van der Waals surface area contributed by atoms with E-state index >= 15 is 0 Å². The standard InChI is InChI=1S/C20H32N2O2/c1-2-3-4-5-6-7-8-9-16-14-21-19(22-15-16)17-10-12-18(13-11-17)20(23)24/h14-15,17-18H,2-13H2,1H3,(H,23,24). The molecule has 4 heteroatoms. The number of unbranched alkanes of at least 4 members (excludes halogenated alkanes) is 6. The molecule has 0 saturated heterocycles. The molecular formula is C20H32N2O2. The number of hydrogen-bond donors (Lipinski definition) is 1. The van der Waals surface area contributed by atoms with Crippen LogP contribution in [0.15, 0.2) is 12.4 Å². The molecule has 1 saturated carbocycles. The molecule has 0 spiro atoms. The van der Waals surface area contributed by atoms with Crippen LogP contribution in [0.1, 0.15) is 94.9 Å². The monoisotopic (exact) mass is 332 g/mol. The molecule has 4 nitrogen and oxygen atoms in total.